The van der Waals surface area contributed by atoms with Gasteiger partial charge in [0.2, 0.25) is 49.9 Å². The number of unbranched alkanes of at least 4 members (excludes halogenated alkanes) is 1. The number of nitrogens with zero attached hydrogens (tertiary/aromatic N) is 8. The molecule has 93 heavy (non-hydrogen) atoms. The van der Waals surface area contributed by atoms with Crippen LogP contribution in [0.1, 0.15) is 47.1 Å². The number of thiocarbonyl (C=S) groups is 1. The number of nitrogens with one attached hydrogen (secondary N) is 2. The quantitative estimate of drug-likeness (QED) is 0.00748. The van der Waals surface area contributed by atoms with E-state index < -0.39 is 95.8 Å². The fourth-order valence-corrected chi connectivity index (χ4v) is 11.5. The second-order valence-electron chi connectivity index (χ2n) is 20.4. The molecule has 5 aromatic carbocycles. The third-order valence-electron chi connectivity index (χ3n) is 13.6. The summed E-state index contributed by atoms with van der Waals surface area (Å²) in [5.41, 5.74) is 4.18. The predicted molar refractivity (Wildman–Crippen MR) is 365 cm³/mol. The van der Waals surface area contributed by atoms with Crippen molar-refractivity contribution in [3.63, 3.8) is 0 Å². The van der Waals surface area contributed by atoms with Crippen molar-refractivity contribution >= 4 is 113 Å². The van der Waals surface area contributed by atoms with Crippen molar-refractivity contribution in [2.75, 3.05) is 54.6 Å². The van der Waals surface area contributed by atoms with Crippen LogP contribution in [0.2, 0.25) is 0 Å². The molecule has 0 radical (unpaired) electrons. The lowest BCUT2D eigenvalue weighted by Crippen LogP contribution is -2.64. The van der Waals surface area contributed by atoms with Crippen molar-refractivity contribution in [2.45, 2.75) is 87.1 Å². The van der Waals surface area contributed by atoms with E-state index in [1.807, 2.05) is 60.7 Å². The monoisotopic (exact) mass is 1430 g/mol. The molecule has 27 nitrogen and oxygen atoms in total. The summed E-state index contributed by atoms with van der Waals surface area (Å²) in [7, 11) is 2.38. The van der Waals surface area contributed by atoms with Crippen LogP contribution in [0.4, 0.5) is 0 Å². The lowest BCUT2D eigenvalue weighted by atomic mass is 9.97. The summed E-state index contributed by atoms with van der Waals surface area (Å²) in [6, 6.07) is 36.3. The van der Waals surface area contributed by atoms with Gasteiger partial charge in [0.1, 0.15) is 60.3 Å². The van der Waals surface area contributed by atoms with Gasteiger partial charge < -0.3 is 69.3 Å². The molecule has 13 atom stereocenters. The van der Waals surface area contributed by atoms with Crippen molar-refractivity contribution in [1.82, 2.24) is 24.7 Å². The van der Waals surface area contributed by atoms with Gasteiger partial charge in [-0.25, -0.2) is 10.2 Å². The second-order valence-corrected chi connectivity index (χ2v) is 27.6. The standard InChI is InChI=1S/C58H70N10O17P4S4/c1-65(61-31-38-14-24-45(25-15-38)84-89(93)67(3)63-33-40-12-20-43(21-13-40)82-86-59)58(90)78-42-18-10-39(11-19-42)32-62-66(2)88(92)85-46-26-16-41(17-27-46)34-64-68(4)87(91)83-44-22-8-37(9-23-44)28-29-60-49(71)7-5-6-30-77-57-55(53(75)51(73)48(36-70)80-57)81-56-54(76)52(74)50(72)47(35-69)79-56/h8-27,31-34,47-48,50-57,59,69-70,72-76H,5-7,28-30,35-36H2,1-4H3/q+2/p+1/b61-31+,62-32+,63-33+,64-34+. The Balaban J connectivity index is 0.748. The topological polar surface area (TPSA) is 340 Å². The number of aliphatic hydroxyl groups excluding tert-OH is 7. The second kappa shape index (κ2) is 37.7. The summed E-state index contributed by atoms with van der Waals surface area (Å²) in [5.74, 6) is 2.63. The molecule has 0 bridgehead atoms. The molecule has 7 rings (SSSR count). The van der Waals surface area contributed by atoms with Crippen molar-refractivity contribution in [3.05, 3.63) is 149 Å². The molecule has 2 saturated heterocycles. The minimum Gasteiger partial charge on any atom is -0.431 e. The van der Waals surface area contributed by atoms with E-state index in [1.54, 1.807) is 128 Å². The van der Waals surface area contributed by atoms with Crippen LogP contribution < -0.4 is 28.1 Å². The van der Waals surface area contributed by atoms with Crippen molar-refractivity contribution in [3.8, 4) is 28.7 Å². The highest BCUT2D eigenvalue weighted by atomic mass is 32.4. The molecule has 0 spiro atoms. The maximum atomic E-state index is 12.6. The van der Waals surface area contributed by atoms with Gasteiger partial charge in [-0.05, 0) is 168 Å². The molecule has 2 fully saturated rings. The van der Waals surface area contributed by atoms with Crippen LogP contribution in [-0.2, 0) is 65.6 Å². The van der Waals surface area contributed by atoms with Crippen molar-refractivity contribution < 1.29 is 82.3 Å². The Labute approximate surface area is 562 Å². The van der Waals surface area contributed by atoms with Crippen LogP contribution in [-0.4, -0.2) is 207 Å². The Morgan fingerprint density at radius 2 is 1.00 bits per heavy atom. The third kappa shape index (κ3) is 23.3. The van der Waals surface area contributed by atoms with Crippen LogP contribution >= 0.6 is 42.0 Å². The molecule has 0 aliphatic carbocycles. The fourth-order valence-electron chi connectivity index (χ4n) is 8.32. The zero-order valence-corrected chi connectivity index (χ0v) is 57.3. The molecule has 496 valence electrons. The van der Waals surface area contributed by atoms with E-state index in [1.165, 1.54) is 5.01 Å². The first-order chi connectivity index (χ1) is 44.7. The van der Waals surface area contributed by atoms with Gasteiger partial charge in [0.25, 0.3) is 5.17 Å². The number of carbonyl (C=O) groups excluding carboxylic acids is 1. The first-order valence-electron chi connectivity index (χ1n) is 28.5. The van der Waals surface area contributed by atoms with Crippen LogP contribution in [0.3, 0.4) is 0 Å². The molecule has 2 aliphatic heterocycles. The molecular formula is C58H71N10O17P4S4+3. The van der Waals surface area contributed by atoms with Crippen LogP contribution in [0.5, 0.6) is 28.7 Å². The van der Waals surface area contributed by atoms with Crippen LogP contribution in [0.25, 0.3) is 0 Å². The Bertz CT molecular complexity index is 3400. The highest BCUT2D eigenvalue weighted by Crippen LogP contribution is 2.35. The highest BCUT2D eigenvalue weighted by molar-refractivity contribution is 8.02. The molecule has 9 N–H and O–H groups in total. The van der Waals surface area contributed by atoms with Gasteiger partial charge in [-0.2, -0.15) is 5.10 Å². The molecule has 35 heteroatoms. The number of ether oxygens (including phenoxy) is 5. The van der Waals surface area contributed by atoms with Gasteiger partial charge in [0, 0.05) is 26.6 Å². The number of aliphatic hydroxyl groups is 7. The maximum Gasteiger partial charge on any atom is 0.540 e. The van der Waals surface area contributed by atoms with Crippen LogP contribution in [0, 0.1) is 5.16 Å². The Kier molecular flexibility index (Phi) is 30.1. The van der Waals surface area contributed by atoms with Gasteiger partial charge in [0.15, 0.2) is 29.8 Å². The van der Waals surface area contributed by atoms with Gasteiger partial charge in [-0.1, -0.05) is 26.5 Å². The summed E-state index contributed by atoms with van der Waals surface area (Å²) < 4.78 is 56.1. The van der Waals surface area contributed by atoms with E-state index in [9.17, 15) is 40.5 Å². The minimum absolute atomic E-state index is 0.0155. The third-order valence-corrected chi connectivity index (χ3v) is 19.9. The molecule has 1 amide bonds. The van der Waals surface area contributed by atoms with Crippen LogP contribution in [0.15, 0.2) is 142 Å². The van der Waals surface area contributed by atoms with E-state index in [0.717, 1.165) is 27.8 Å². The minimum atomic E-state index is -1.79. The Morgan fingerprint density at radius 1 is 0.581 bits per heavy atom. The zero-order chi connectivity index (χ0) is 67.0. The largest absolute Gasteiger partial charge is 0.540 e. The number of carbonyl (C=O) groups is 1. The number of amides is 1. The smallest absolute Gasteiger partial charge is 0.431 e. The summed E-state index contributed by atoms with van der Waals surface area (Å²) in [6.07, 6.45) is -7.36. The number of rotatable bonds is 33. The lowest BCUT2D eigenvalue weighted by Gasteiger charge is -2.45. The Hall–Kier alpha value is -6.24. The summed E-state index contributed by atoms with van der Waals surface area (Å²) in [6.45, 7) is -0.976. The summed E-state index contributed by atoms with van der Waals surface area (Å²) >= 11 is 22.3. The summed E-state index contributed by atoms with van der Waals surface area (Å²) in [4.78, 5) is 12.6. The number of hydrogen-bond acceptors (Lipinski definition) is 26. The van der Waals surface area contributed by atoms with E-state index >= 15 is 0 Å². The maximum absolute atomic E-state index is 12.6. The van der Waals surface area contributed by atoms with Gasteiger partial charge in [0.05, 0.1) is 59.2 Å². The zero-order valence-electron chi connectivity index (χ0n) is 50.5. The molecular weight excluding hydrogens is 1360 g/mol. The fraction of sp³-hybridized carbons (Fsp3) is 0.379. The van der Waals surface area contributed by atoms with E-state index in [2.05, 4.69) is 25.7 Å². The first kappa shape index (κ1) is 74.2. The molecule has 5 aromatic rings. The van der Waals surface area contributed by atoms with E-state index in [-0.39, 0.29) is 32.7 Å². The SMILES string of the molecule is CN(/N=C/c1ccc(O[P+](=S)N(C)/N=C/c2ccc(OP=N)cc2)cc1)C(=S)Oc1ccc(/C=N/N(C)[P+](=S)Oc2ccc(/C=N/N(C)[P+](=S)Oc3ccc(CCNC(=O)CCCCOC4OC(CO)C(O)C(O)C4OC4OC(CO)C(O)C(O)C4O)cc3)cc2)cc1. The molecule has 0 aromatic heterocycles. The molecule has 2 aliphatic rings. The average Bonchev–Trinajstić information content (AvgIpc) is 0.823. The van der Waals surface area contributed by atoms with Gasteiger partial charge in [-0.15, -0.1) is 15.3 Å². The number of hydrogen-bond donors (Lipinski definition) is 9. The van der Waals surface area contributed by atoms with Crippen molar-refractivity contribution in [1.29, 1.82) is 5.16 Å². The lowest BCUT2D eigenvalue weighted by molar-refractivity contribution is -0.367. The summed E-state index contributed by atoms with van der Waals surface area (Å²) in [5, 5.41) is 101. The van der Waals surface area contributed by atoms with E-state index in [4.69, 9.17) is 94.6 Å². The highest BCUT2D eigenvalue weighted by Gasteiger charge is 2.51. The average molecular weight is 1430 g/mol. The van der Waals surface area contributed by atoms with Crippen molar-refractivity contribution in [2.24, 2.45) is 20.4 Å². The normalized spacial score (nSPS) is 21.9. The Morgan fingerprint density at radius 3 is 1.46 bits per heavy atom. The molecule has 2 heterocycles. The number of benzene rings is 5. The van der Waals surface area contributed by atoms with Gasteiger partial charge >= 0.3 is 21.2 Å². The molecule has 13 unspecified atom stereocenters. The number of hydrazone groups is 4. The molecule has 0 saturated carbocycles. The first-order valence-corrected chi connectivity index (χ1v) is 36.4. The van der Waals surface area contributed by atoms with Gasteiger partial charge in [-0.3, -0.25) is 18.4 Å². The predicted octanol–water partition coefficient (Wildman–Crippen LogP) is 6.14. The van der Waals surface area contributed by atoms with E-state index in [0.29, 0.717) is 54.6 Å².